The highest BCUT2D eigenvalue weighted by Gasteiger charge is 2.41. The number of methoxy groups -OCH3 is 1. The summed E-state index contributed by atoms with van der Waals surface area (Å²) in [5.74, 6) is -5.53. The van der Waals surface area contributed by atoms with Crippen LogP contribution in [0.4, 0.5) is 17.6 Å². The Morgan fingerprint density at radius 2 is 2.08 bits per heavy atom. The van der Waals surface area contributed by atoms with E-state index in [-0.39, 0.29) is 18.8 Å². The van der Waals surface area contributed by atoms with Crippen LogP contribution in [0.25, 0.3) is 0 Å². The van der Waals surface area contributed by atoms with Gasteiger partial charge in [0.15, 0.2) is 5.69 Å². The van der Waals surface area contributed by atoms with Gasteiger partial charge in [-0.15, -0.1) is 0 Å². The third-order valence-corrected chi connectivity index (χ3v) is 3.38. The number of amides is 1. The van der Waals surface area contributed by atoms with Crippen LogP contribution in [0.2, 0.25) is 0 Å². The SMILES string of the molecule is COC(=O)c1cc2n(n1)CCN(C(=O)COCC(F)(F)C(F)F)C2. The Kier molecular flexibility index (Phi) is 5.42. The molecule has 2 heterocycles. The fourth-order valence-electron chi connectivity index (χ4n) is 2.11. The molecular formula is C13H15F4N3O4. The van der Waals surface area contributed by atoms with Crippen LogP contribution in [-0.4, -0.2) is 65.8 Å². The predicted octanol–water partition coefficient (Wildman–Crippen LogP) is 0.929. The van der Waals surface area contributed by atoms with Crippen LogP contribution < -0.4 is 0 Å². The van der Waals surface area contributed by atoms with Gasteiger partial charge < -0.3 is 14.4 Å². The number of nitrogens with zero attached hydrogens (tertiary/aromatic N) is 3. The molecule has 0 atom stereocenters. The third-order valence-electron chi connectivity index (χ3n) is 3.38. The molecule has 7 nitrogen and oxygen atoms in total. The minimum absolute atomic E-state index is 0.0922. The fourth-order valence-corrected chi connectivity index (χ4v) is 2.11. The van der Waals surface area contributed by atoms with Crippen LogP contribution in [0.1, 0.15) is 16.2 Å². The second-order valence-corrected chi connectivity index (χ2v) is 5.11. The molecule has 1 aromatic rings. The van der Waals surface area contributed by atoms with E-state index in [1.165, 1.54) is 22.8 Å². The van der Waals surface area contributed by atoms with Crippen LogP contribution in [0, 0.1) is 0 Å². The number of hydrogen-bond acceptors (Lipinski definition) is 5. The van der Waals surface area contributed by atoms with E-state index in [4.69, 9.17) is 0 Å². The highest BCUT2D eigenvalue weighted by molar-refractivity contribution is 5.87. The molecule has 2 rings (SSSR count). The van der Waals surface area contributed by atoms with E-state index < -0.39 is 37.4 Å². The summed E-state index contributed by atoms with van der Waals surface area (Å²) < 4.78 is 59.8. The van der Waals surface area contributed by atoms with Crippen molar-refractivity contribution in [2.75, 3.05) is 26.9 Å². The van der Waals surface area contributed by atoms with Crippen LogP contribution in [0.15, 0.2) is 6.07 Å². The molecule has 1 aliphatic rings. The van der Waals surface area contributed by atoms with Crippen LogP contribution in [0.3, 0.4) is 0 Å². The Hall–Kier alpha value is -2.17. The maximum atomic E-state index is 12.7. The zero-order valence-electron chi connectivity index (χ0n) is 12.7. The van der Waals surface area contributed by atoms with Crippen molar-refractivity contribution in [3.05, 3.63) is 17.5 Å². The number of ether oxygens (including phenoxy) is 2. The lowest BCUT2D eigenvalue weighted by atomic mass is 10.3. The molecule has 0 saturated heterocycles. The minimum atomic E-state index is -4.30. The number of alkyl halides is 4. The molecule has 0 aliphatic carbocycles. The van der Waals surface area contributed by atoms with E-state index in [0.29, 0.717) is 12.2 Å². The first-order valence-electron chi connectivity index (χ1n) is 6.91. The number of carbonyl (C=O) groups is 2. The van der Waals surface area contributed by atoms with Crippen molar-refractivity contribution < 1.29 is 36.6 Å². The Labute approximate surface area is 134 Å². The molecule has 134 valence electrons. The van der Waals surface area contributed by atoms with Gasteiger partial charge in [0.05, 0.1) is 25.9 Å². The van der Waals surface area contributed by atoms with E-state index in [1.54, 1.807) is 0 Å². The lowest BCUT2D eigenvalue weighted by Gasteiger charge is -2.27. The quantitative estimate of drug-likeness (QED) is 0.562. The zero-order valence-corrected chi connectivity index (χ0v) is 12.7. The molecule has 0 spiro atoms. The fraction of sp³-hybridized carbons (Fsp3) is 0.615. The van der Waals surface area contributed by atoms with Crippen molar-refractivity contribution in [3.63, 3.8) is 0 Å². The molecule has 1 amide bonds. The molecule has 0 saturated carbocycles. The Morgan fingerprint density at radius 3 is 2.71 bits per heavy atom. The molecule has 1 aromatic heterocycles. The highest BCUT2D eigenvalue weighted by Crippen LogP contribution is 2.23. The van der Waals surface area contributed by atoms with Gasteiger partial charge in [0.2, 0.25) is 5.91 Å². The van der Waals surface area contributed by atoms with Crippen molar-refractivity contribution >= 4 is 11.9 Å². The van der Waals surface area contributed by atoms with Crippen molar-refractivity contribution in [2.24, 2.45) is 0 Å². The molecule has 24 heavy (non-hydrogen) atoms. The summed E-state index contributed by atoms with van der Waals surface area (Å²) in [7, 11) is 1.21. The predicted molar refractivity (Wildman–Crippen MR) is 70.8 cm³/mol. The number of rotatable bonds is 6. The molecule has 0 bridgehead atoms. The number of hydrogen-bond donors (Lipinski definition) is 0. The standard InChI is InChI=1S/C13H15F4N3O4/c1-23-11(22)9-4-8-5-19(2-3-20(8)18-9)10(21)6-24-7-13(16,17)12(14)15/h4,12H,2-3,5-7H2,1H3. The summed E-state index contributed by atoms with van der Waals surface area (Å²) in [6.45, 7) is -1.65. The van der Waals surface area contributed by atoms with Crippen LogP contribution >= 0.6 is 0 Å². The minimum Gasteiger partial charge on any atom is -0.464 e. The monoisotopic (exact) mass is 353 g/mol. The zero-order chi connectivity index (χ0) is 17.9. The average molecular weight is 353 g/mol. The van der Waals surface area contributed by atoms with Gasteiger partial charge in [0.25, 0.3) is 0 Å². The summed E-state index contributed by atoms with van der Waals surface area (Å²) in [6, 6.07) is 1.46. The first-order chi connectivity index (χ1) is 11.2. The van der Waals surface area contributed by atoms with Gasteiger partial charge in [-0.1, -0.05) is 0 Å². The van der Waals surface area contributed by atoms with Crippen molar-refractivity contribution in [3.8, 4) is 0 Å². The van der Waals surface area contributed by atoms with E-state index >= 15 is 0 Å². The largest absolute Gasteiger partial charge is 0.464 e. The Morgan fingerprint density at radius 1 is 1.38 bits per heavy atom. The van der Waals surface area contributed by atoms with Gasteiger partial charge in [0.1, 0.15) is 13.2 Å². The summed E-state index contributed by atoms with van der Waals surface area (Å²) >= 11 is 0. The lowest BCUT2D eigenvalue weighted by Crippen LogP contribution is -2.41. The third kappa shape index (κ3) is 4.02. The molecule has 0 fully saturated rings. The molecular weight excluding hydrogens is 338 g/mol. The van der Waals surface area contributed by atoms with Gasteiger partial charge in [-0.3, -0.25) is 9.48 Å². The second-order valence-electron chi connectivity index (χ2n) is 5.11. The lowest BCUT2D eigenvalue weighted by molar-refractivity contribution is -0.171. The van der Waals surface area contributed by atoms with Crippen molar-refractivity contribution in [1.82, 2.24) is 14.7 Å². The number of fused-ring (bicyclic) bond motifs is 1. The molecule has 0 aromatic carbocycles. The summed E-state index contributed by atoms with van der Waals surface area (Å²) in [5, 5.41) is 4.02. The molecule has 0 unspecified atom stereocenters. The first kappa shape index (κ1) is 18.2. The Bertz CT molecular complexity index is 620. The van der Waals surface area contributed by atoms with Gasteiger partial charge in [-0.2, -0.15) is 13.9 Å². The van der Waals surface area contributed by atoms with Crippen molar-refractivity contribution in [1.29, 1.82) is 0 Å². The van der Waals surface area contributed by atoms with Crippen LogP contribution in [-0.2, 0) is 27.4 Å². The summed E-state index contributed by atoms with van der Waals surface area (Å²) in [4.78, 5) is 24.6. The summed E-state index contributed by atoms with van der Waals surface area (Å²) in [6.07, 6.45) is -3.85. The number of carbonyl (C=O) groups excluding carboxylic acids is 2. The number of esters is 1. The van der Waals surface area contributed by atoms with E-state index in [9.17, 15) is 27.2 Å². The molecule has 0 radical (unpaired) electrons. The van der Waals surface area contributed by atoms with E-state index in [2.05, 4.69) is 14.6 Å². The molecule has 1 aliphatic heterocycles. The van der Waals surface area contributed by atoms with Gasteiger partial charge >= 0.3 is 18.3 Å². The van der Waals surface area contributed by atoms with Gasteiger partial charge in [-0.05, 0) is 6.07 Å². The maximum absolute atomic E-state index is 12.7. The number of halogens is 4. The molecule has 0 N–H and O–H groups in total. The van der Waals surface area contributed by atoms with Crippen LogP contribution in [0.5, 0.6) is 0 Å². The van der Waals surface area contributed by atoms with E-state index in [1.807, 2.05) is 0 Å². The second kappa shape index (κ2) is 7.16. The van der Waals surface area contributed by atoms with Gasteiger partial charge in [0, 0.05) is 6.54 Å². The molecule has 11 heteroatoms. The average Bonchev–Trinajstić information content (AvgIpc) is 2.96. The first-order valence-corrected chi connectivity index (χ1v) is 6.91. The number of aromatic nitrogens is 2. The summed E-state index contributed by atoms with van der Waals surface area (Å²) in [5.41, 5.74) is 0.655. The maximum Gasteiger partial charge on any atom is 0.358 e. The topological polar surface area (TPSA) is 73.7 Å². The Balaban J connectivity index is 1.89. The smallest absolute Gasteiger partial charge is 0.358 e. The van der Waals surface area contributed by atoms with Gasteiger partial charge in [-0.25, -0.2) is 13.6 Å². The normalized spacial score (nSPS) is 14.7. The highest BCUT2D eigenvalue weighted by atomic mass is 19.3. The van der Waals surface area contributed by atoms with Crippen molar-refractivity contribution in [2.45, 2.75) is 25.4 Å². The van der Waals surface area contributed by atoms with E-state index in [0.717, 1.165) is 0 Å².